The first kappa shape index (κ1) is 10.9. The smallest absolute Gasteiger partial charge is 0.243 e. The van der Waals surface area contributed by atoms with Crippen LogP contribution in [0.2, 0.25) is 0 Å². The second-order valence-electron chi connectivity index (χ2n) is 3.88. The molecule has 0 unspecified atom stereocenters. The minimum absolute atomic E-state index is 0.0213. The number of nitrogens with one attached hydrogen (secondary N) is 1. The van der Waals surface area contributed by atoms with Gasteiger partial charge in [-0.2, -0.15) is 0 Å². The van der Waals surface area contributed by atoms with Gasteiger partial charge in [0.1, 0.15) is 0 Å². The molecule has 0 spiro atoms. The number of likely N-dealkylation sites (N-methyl/N-ethyl adjacent to an activating group) is 1. The van der Waals surface area contributed by atoms with Gasteiger partial charge in [-0.25, -0.2) is 5.90 Å². The lowest BCUT2D eigenvalue weighted by Crippen LogP contribution is -2.35. The van der Waals surface area contributed by atoms with Crippen molar-refractivity contribution in [3.8, 4) is 0 Å². The first-order valence-corrected chi connectivity index (χ1v) is 5.16. The molecule has 0 saturated heterocycles. The van der Waals surface area contributed by atoms with Crippen molar-refractivity contribution in [3.05, 3.63) is 23.8 Å². The van der Waals surface area contributed by atoms with E-state index in [0.717, 1.165) is 23.4 Å². The Bertz CT molecular complexity index is 406. The third kappa shape index (κ3) is 2.15. The average molecular weight is 221 g/mol. The van der Waals surface area contributed by atoms with Crippen LogP contribution in [0.1, 0.15) is 5.56 Å². The highest BCUT2D eigenvalue weighted by molar-refractivity contribution is 6.01. The van der Waals surface area contributed by atoms with Crippen LogP contribution in [0.15, 0.2) is 18.2 Å². The maximum atomic E-state index is 11.3. The van der Waals surface area contributed by atoms with Crippen LogP contribution in [-0.2, 0) is 16.1 Å². The summed E-state index contributed by atoms with van der Waals surface area (Å²) < 4.78 is 0. The maximum Gasteiger partial charge on any atom is 0.243 e. The summed E-state index contributed by atoms with van der Waals surface area (Å²) in [5, 5.41) is 2.84. The van der Waals surface area contributed by atoms with Crippen LogP contribution < -0.4 is 16.1 Å². The first-order valence-electron chi connectivity index (χ1n) is 5.16. The van der Waals surface area contributed by atoms with Crippen molar-refractivity contribution in [2.45, 2.75) is 6.42 Å². The minimum Gasteiger partial charge on any atom is -0.364 e. The molecule has 0 aliphatic carbocycles. The molecule has 0 aromatic heterocycles. The summed E-state index contributed by atoms with van der Waals surface area (Å²) in [5.41, 5.74) is 3.04. The van der Waals surface area contributed by atoms with Gasteiger partial charge in [0.05, 0.1) is 24.5 Å². The van der Waals surface area contributed by atoms with Crippen molar-refractivity contribution in [1.29, 1.82) is 0 Å². The van der Waals surface area contributed by atoms with E-state index in [1.54, 1.807) is 0 Å². The molecule has 0 atom stereocenters. The van der Waals surface area contributed by atoms with E-state index in [-0.39, 0.29) is 5.91 Å². The number of benzene rings is 1. The number of nitrogens with zero attached hydrogens (tertiary/aromatic N) is 1. The lowest BCUT2D eigenvalue weighted by Gasteiger charge is -2.27. The van der Waals surface area contributed by atoms with Gasteiger partial charge in [0.2, 0.25) is 5.91 Å². The molecule has 1 amide bonds. The molecule has 16 heavy (non-hydrogen) atoms. The van der Waals surface area contributed by atoms with E-state index in [1.165, 1.54) is 0 Å². The van der Waals surface area contributed by atoms with Crippen LogP contribution in [0.25, 0.3) is 0 Å². The fourth-order valence-corrected chi connectivity index (χ4v) is 1.82. The third-order valence-corrected chi connectivity index (χ3v) is 2.64. The first-order chi connectivity index (χ1) is 7.70. The van der Waals surface area contributed by atoms with E-state index in [4.69, 9.17) is 5.90 Å². The molecule has 1 aromatic rings. The Morgan fingerprint density at radius 3 is 3.12 bits per heavy atom. The fraction of sp³-hybridized carbons (Fsp3) is 0.364. The fourth-order valence-electron chi connectivity index (χ4n) is 1.82. The lowest BCUT2D eigenvalue weighted by atomic mass is 10.1. The summed E-state index contributed by atoms with van der Waals surface area (Å²) in [4.78, 5) is 17.8. The quantitative estimate of drug-likeness (QED) is 0.730. The Morgan fingerprint density at radius 1 is 1.56 bits per heavy atom. The maximum absolute atomic E-state index is 11.3. The van der Waals surface area contributed by atoms with Crippen molar-refractivity contribution < 1.29 is 9.63 Å². The van der Waals surface area contributed by atoms with Crippen LogP contribution in [0.5, 0.6) is 0 Å². The minimum atomic E-state index is 0.0213. The van der Waals surface area contributed by atoms with Crippen LogP contribution in [0.4, 0.5) is 11.4 Å². The molecule has 0 radical (unpaired) electrons. The lowest BCUT2D eigenvalue weighted by molar-refractivity contribution is -0.115. The van der Waals surface area contributed by atoms with Crippen molar-refractivity contribution in [2.75, 3.05) is 30.4 Å². The molecule has 1 aromatic carbocycles. The van der Waals surface area contributed by atoms with E-state index in [9.17, 15) is 4.79 Å². The van der Waals surface area contributed by atoms with Crippen molar-refractivity contribution >= 4 is 17.3 Å². The molecule has 1 heterocycles. The van der Waals surface area contributed by atoms with Gasteiger partial charge in [0.15, 0.2) is 0 Å². The number of anilines is 2. The molecule has 1 aliphatic heterocycles. The number of nitrogens with two attached hydrogens (primary N) is 1. The zero-order valence-corrected chi connectivity index (χ0v) is 9.19. The van der Waals surface area contributed by atoms with Gasteiger partial charge in [-0.3, -0.25) is 4.79 Å². The number of fused-ring (bicyclic) bond motifs is 1. The number of carbonyl (C=O) groups is 1. The molecule has 3 N–H and O–H groups in total. The van der Waals surface area contributed by atoms with Gasteiger partial charge in [-0.1, -0.05) is 6.07 Å². The van der Waals surface area contributed by atoms with E-state index < -0.39 is 0 Å². The molecule has 5 nitrogen and oxygen atoms in total. The molecule has 2 rings (SSSR count). The van der Waals surface area contributed by atoms with Crippen LogP contribution in [-0.4, -0.2) is 26.1 Å². The Balaban J connectivity index is 2.24. The van der Waals surface area contributed by atoms with Crippen molar-refractivity contribution in [1.82, 2.24) is 0 Å². The molecule has 0 fully saturated rings. The average Bonchev–Trinajstić information content (AvgIpc) is 2.26. The molecule has 5 heteroatoms. The van der Waals surface area contributed by atoms with Gasteiger partial charge in [0.25, 0.3) is 0 Å². The summed E-state index contributed by atoms with van der Waals surface area (Å²) in [6.45, 7) is 0.888. The van der Waals surface area contributed by atoms with E-state index in [0.29, 0.717) is 13.2 Å². The number of carbonyl (C=O) groups excluding carboxylic acids is 1. The molecule has 0 bridgehead atoms. The predicted molar refractivity (Wildman–Crippen MR) is 62.2 cm³/mol. The Labute approximate surface area is 94.1 Å². The summed E-state index contributed by atoms with van der Waals surface area (Å²) >= 11 is 0. The SMILES string of the molecule is CN1CC(=O)Nc2ccc(CCON)cc21. The number of amides is 1. The van der Waals surface area contributed by atoms with Crippen molar-refractivity contribution in [2.24, 2.45) is 5.90 Å². The van der Waals surface area contributed by atoms with E-state index in [2.05, 4.69) is 10.2 Å². The van der Waals surface area contributed by atoms with Crippen LogP contribution in [0, 0.1) is 0 Å². The van der Waals surface area contributed by atoms with Gasteiger partial charge >= 0.3 is 0 Å². The molecule has 86 valence electrons. The van der Waals surface area contributed by atoms with E-state index in [1.807, 2.05) is 30.1 Å². The Kier molecular flexibility index (Phi) is 3.07. The molecule has 0 saturated carbocycles. The van der Waals surface area contributed by atoms with Gasteiger partial charge in [0, 0.05) is 7.05 Å². The third-order valence-electron chi connectivity index (χ3n) is 2.64. The Hall–Kier alpha value is -1.59. The number of rotatable bonds is 3. The van der Waals surface area contributed by atoms with Gasteiger partial charge in [-0.15, -0.1) is 0 Å². The summed E-state index contributed by atoms with van der Waals surface area (Å²) in [7, 11) is 1.90. The highest BCUT2D eigenvalue weighted by Crippen LogP contribution is 2.29. The second kappa shape index (κ2) is 4.51. The predicted octanol–water partition coefficient (Wildman–Crippen LogP) is 0.508. The summed E-state index contributed by atoms with van der Waals surface area (Å²) in [6, 6.07) is 5.93. The number of hydrogen-bond acceptors (Lipinski definition) is 4. The second-order valence-corrected chi connectivity index (χ2v) is 3.88. The highest BCUT2D eigenvalue weighted by atomic mass is 16.6. The number of hydrogen-bond donors (Lipinski definition) is 2. The van der Waals surface area contributed by atoms with Crippen LogP contribution in [0.3, 0.4) is 0 Å². The molecule has 1 aliphatic rings. The monoisotopic (exact) mass is 221 g/mol. The highest BCUT2D eigenvalue weighted by Gasteiger charge is 2.18. The summed E-state index contributed by atoms with van der Waals surface area (Å²) in [5.74, 6) is 5.01. The largest absolute Gasteiger partial charge is 0.364 e. The topological polar surface area (TPSA) is 67.6 Å². The zero-order valence-electron chi connectivity index (χ0n) is 9.19. The van der Waals surface area contributed by atoms with Crippen molar-refractivity contribution in [3.63, 3.8) is 0 Å². The molecular formula is C11H15N3O2. The molecular weight excluding hydrogens is 206 g/mol. The summed E-state index contributed by atoms with van der Waals surface area (Å²) in [6.07, 6.45) is 0.769. The van der Waals surface area contributed by atoms with E-state index >= 15 is 0 Å². The zero-order chi connectivity index (χ0) is 11.5. The standard InChI is InChI=1S/C11H15N3O2/c1-14-7-11(15)13-9-3-2-8(4-5-16-12)6-10(9)14/h2-3,6H,4-5,7,12H2,1H3,(H,13,15). The van der Waals surface area contributed by atoms with Gasteiger partial charge < -0.3 is 15.1 Å². The Morgan fingerprint density at radius 2 is 2.38 bits per heavy atom. The van der Waals surface area contributed by atoms with Crippen LogP contribution >= 0.6 is 0 Å². The van der Waals surface area contributed by atoms with Gasteiger partial charge in [-0.05, 0) is 24.1 Å². The normalized spacial score (nSPS) is 14.6.